The second kappa shape index (κ2) is 9.60. The van der Waals surface area contributed by atoms with Crippen LogP contribution in [0.3, 0.4) is 0 Å². The molecule has 1 aromatic carbocycles. The minimum absolute atomic E-state index is 0.122. The maximum atomic E-state index is 10.1. The highest BCUT2D eigenvalue weighted by atomic mass is 14.5. The summed E-state index contributed by atoms with van der Waals surface area (Å²) in [7, 11) is 0. The van der Waals surface area contributed by atoms with Crippen LogP contribution in [-0.2, 0) is 11.8 Å². The first-order valence-corrected chi connectivity index (χ1v) is 11.7. The molecule has 3 rings (SSSR count). The van der Waals surface area contributed by atoms with E-state index in [1.165, 1.54) is 76.2 Å². The van der Waals surface area contributed by atoms with E-state index in [1.807, 2.05) is 0 Å². The Morgan fingerprint density at radius 2 is 1.57 bits per heavy atom. The van der Waals surface area contributed by atoms with E-state index >= 15 is 0 Å². The third-order valence-corrected chi connectivity index (χ3v) is 7.64. The molecule has 28 heavy (non-hydrogen) atoms. The van der Waals surface area contributed by atoms with Crippen molar-refractivity contribution in [3.05, 3.63) is 34.4 Å². The van der Waals surface area contributed by atoms with Gasteiger partial charge in [0, 0.05) is 0 Å². The van der Waals surface area contributed by atoms with Gasteiger partial charge in [-0.05, 0) is 60.5 Å². The zero-order valence-electron chi connectivity index (χ0n) is 17.9. The van der Waals surface area contributed by atoms with E-state index in [0.29, 0.717) is 17.0 Å². The molecule has 0 unspecified atom stereocenters. The molecule has 0 aromatic heterocycles. The second-order valence-electron chi connectivity index (χ2n) is 9.22. The van der Waals surface area contributed by atoms with Gasteiger partial charge < -0.3 is 0 Å². The molecule has 2 saturated carbocycles. The van der Waals surface area contributed by atoms with Crippen molar-refractivity contribution in [3.63, 3.8) is 0 Å². The van der Waals surface area contributed by atoms with Crippen molar-refractivity contribution < 1.29 is 0 Å². The topological polar surface area (TPSA) is 47.6 Å². The molecule has 2 aliphatic rings. The van der Waals surface area contributed by atoms with Gasteiger partial charge in [0.2, 0.25) is 0 Å². The molecule has 0 N–H and O–H groups in total. The molecule has 0 heterocycles. The number of hydrogen-bond donors (Lipinski definition) is 0. The molecule has 0 spiro atoms. The third-order valence-electron chi connectivity index (χ3n) is 7.64. The van der Waals surface area contributed by atoms with Crippen LogP contribution < -0.4 is 0 Å². The lowest BCUT2D eigenvalue weighted by Crippen LogP contribution is -2.40. The van der Waals surface area contributed by atoms with Crippen LogP contribution in [0.25, 0.3) is 0 Å². The maximum Gasteiger partial charge on any atom is 0.101 e. The number of benzene rings is 1. The highest BCUT2D eigenvalue weighted by Gasteiger charge is 2.44. The molecule has 0 saturated heterocycles. The summed E-state index contributed by atoms with van der Waals surface area (Å²) < 4.78 is 0. The van der Waals surface area contributed by atoms with E-state index < -0.39 is 0 Å². The van der Waals surface area contributed by atoms with Crippen LogP contribution in [0.5, 0.6) is 0 Å². The molecular formula is C26H36N2. The summed E-state index contributed by atoms with van der Waals surface area (Å²) in [5.74, 6) is 1.58. The fourth-order valence-corrected chi connectivity index (χ4v) is 6.27. The molecule has 0 amide bonds. The number of nitriles is 2. The standard InChI is InChI=1S/C26H36N2/c1-3-8-20-10-13-22(14-11-20)26(16-6-5-7-17-26)25-15-12-21(9-4-2)23(18-27)24(25)19-28/h12,15,20,22H,3-11,13-14,16-17H2,1-2H3. The molecule has 2 nitrogen and oxygen atoms in total. The van der Waals surface area contributed by atoms with Crippen molar-refractivity contribution in [1.29, 1.82) is 10.5 Å². The molecule has 1 aromatic rings. The van der Waals surface area contributed by atoms with Gasteiger partial charge in [-0.2, -0.15) is 10.5 Å². The first-order valence-electron chi connectivity index (χ1n) is 11.7. The number of nitrogens with zero attached hydrogens (tertiary/aromatic N) is 2. The van der Waals surface area contributed by atoms with Crippen LogP contribution >= 0.6 is 0 Å². The molecule has 150 valence electrons. The molecule has 0 bridgehead atoms. The summed E-state index contributed by atoms with van der Waals surface area (Å²) in [6, 6.07) is 9.29. The molecule has 0 atom stereocenters. The summed E-state index contributed by atoms with van der Waals surface area (Å²) in [6.45, 7) is 4.44. The predicted octanol–water partition coefficient (Wildman–Crippen LogP) is 7.19. The lowest BCUT2D eigenvalue weighted by Gasteiger charge is -2.47. The maximum absolute atomic E-state index is 10.1. The average molecular weight is 377 g/mol. The first-order chi connectivity index (χ1) is 13.7. The summed E-state index contributed by atoms with van der Waals surface area (Å²) in [5.41, 5.74) is 3.75. The summed E-state index contributed by atoms with van der Waals surface area (Å²) >= 11 is 0. The third kappa shape index (κ3) is 3.98. The number of hydrogen-bond acceptors (Lipinski definition) is 2. The van der Waals surface area contributed by atoms with Crippen molar-refractivity contribution in [1.82, 2.24) is 0 Å². The van der Waals surface area contributed by atoms with Gasteiger partial charge in [0.05, 0.1) is 11.1 Å². The van der Waals surface area contributed by atoms with E-state index in [0.717, 1.165) is 24.3 Å². The Balaban J connectivity index is 2.01. The normalized spacial score (nSPS) is 24.3. The number of aryl methyl sites for hydroxylation is 1. The van der Waals surface area contributed by atoms with E-state index in [4.69, 9.17) is 0 Å². The Morgan fingerprint density at radius 1 is 0.893 bits per heavy atom. The van der Waals surface area contributed by atoms with Crippen LogP contribution in [0, 0.1) is 34.5 Å². The largest absolute Gasteiger partial charge is 0.192 e. The van der Waals surface area contributed by atoms with Gasteiger partial charge >= 0.3 is 0 Å². The highest BCUT2D eigenvalue weighted by Crippen LogP contribution is 2.52. The molecular weight excluding hydrogens is 340 g/mol. The average Bonchev–Trinajstić information content (AvgIpc) is 2.74. The quantitative estimate of drug-likeness (QED) is 0.527. The van der Waals surface area contributed by atoms with Gasteiger partial charge in [-0.1, -0.05) is 77.3 Å². The van der Waals surface area contributed by atoms with Crippen LogP contribution in [0.2, 0.25) is 0 Å². The second-order valence-corrected chi connectivity index (χ2v) is 9.22. The van der Waals surface area contributed by atoms with Crippen LogP contribution in [0.4, 0.5) is 0 Å². The van der Waals surface area contributed by atoms with Gasteiger partial charge in [-0.15, -0.1) is 0 Å². The molecule has 0 aliphatic heterocycles. The van der Waals surface area contributed by atoms with Gasteiger partial charge in [0.1, 0.15) is 12.1 Å². The fraction of sp³-hybridized carbons (Fsp3) is 0.692. The van der Waals surface area contributed by atoms with Gasteiger partial charge in [-0.25, -0.2) is 0 Å². The molecule has 0 radical (unpaired) electrons. The fourth-order valence-electron chi connectivity index (χ4n) is 6.27. The smallest absolute Gasteiger partial charge is 0.101 e. The van der Waals surface area contributed by atoms with Crippen molar-refractivity contribution >= 4 is 0 Å². The Hall–Kier alpha value is -1.80. The van der Waals surface area contributed by atoms with Crippen molar-refractivity contribution in [2.24, 2.45) is 11.8 Å². The summed E-state index contributed by atoms with van der Waals surface area (Å²) in [5, 5.41) is 19.9. The predicted molar refractivity (Wildman–Crippen MR) is 115 cm³/mol. The van der Waals surface area contributed by atoms with Crippen molar-refractivity contribution in [2.45, 2.75) is 103 Å². The lowest BCUT2D eigenvalue weighted by atomic mass is 9.56. The van der Waals surface area contributed by atoms with Crippen LogP contribution in [0.1, 0.15) is 113 Å². The molecule has 2 aliphatic carbocycles. The summed E-state index contributed by atoms with van der Waals surface area (Å²) in [4.78, 5) is 0. The van der Waals surface area contributed by atoms with E-state index in [9.17, 15) is 10.5 Å². The molecule has 2 heteroatoms. The summed E-state index contributed by atoms with van der Waals surface area (Å²) in [6.07, 6.45) is 16.1. The SMILES string of the molecule is CCCc1ccc(C2(C3CCC(CCC)CC3)CCCCC2)c(C#N)c1C#N. The van der Waals surface area contributed by atoms with Crippen LogP contribution in [-0.4, -0.2) is 0 Å². The minimum atomic E-state index is 0.122. The van der Waals surface area contributed by atoms with Crippen molar-refractivity contribution in [2.75, 3.05) is 0 Å². The Bertz CT molecular complexity index is 735. The first kappa shape index (κ1) is 20.9. The monoisotopic (exact) mass is 376 g/mol. The lowest BCUT2D eigenvalue weighted by molar-refractivity contribution is 0.124. The zero-order chi connectivity index (χ0) is 20.0. The zero-order valence-corrected chi connectivity index (χ0v) is 17.9. The Kier molecular flexibility index (Phi) is 7.18. The van der Waals surface area contributed by atoms with Gasteiger partial charge in [-0.3, -0.25) is 0 Å². The van der Waals surface area contributed by atoms with E-state index in [2.05, 4.69) is 38.1 Å². The number of rotatable bonds is 6. The van der Waals surface area contributed by atoms with Crippen LogP contribution in [0.15, 0.2) is 12.1 Å². The Labute approximate surface area is 172 Å². The van der Waals surface area contributed by atoms with Gasteiger partial charge in [0.25, 0.3) is 0 Å². The highest BCUT2D eigenvalue weighted by molar-refractivity contribution is 5.57. The van der Waals surface area contributed by atoms with Crippen molar-refractivity contribution in [3.8, 4) is 12.1 Å². The van der Waals surface area contributed by atoms with E-state index in [-0.39, 0.29) is 5.41 Å². The van der Waals surface area contributed by atoms with Gasteiger partial charge in [0.15, 0.2) is 0 Å². The Morgan fingerprint density at radius 3 is 2.14 bits per heavy atom. The minimum Gasteiger partial charge on any atom is -0.192 e. The molecule has 2 fully saturated rings. The van der Waals surface area contributed by atoms with E-state index in [1.54, 1.807) is 0 Å².